The lowest BCUT2D eigenvalue weighted by molar-refractivity contribution is 0.0474. The number of nitrogens with one attached hydrogen (secondary N) is 1. The molecule has 8 heteroatoms. The van der Waals surface area contributed by atoms with Crippen molar-refractivity contribution in [2.75, 3.05) is 18.5 Å². The van der Waals surface area contributed by atoms with Crippen molar-refractivity contribution in [1.29, 1.82) is 0 Å². The Morgan fingerprint density at radius 1 is 1.18 bits per heavy atom. The van der Waals surface area contributed by atoms with E-state index in [-0.39, 0.29) is 24.4 Å². The van der Waals surface area contributed by atoms with Crippen molar-refractivity contribution in [3.05, 3.63) is 75.2 Å². The zero-order valence-corrected chi connectivity index (χ0v) is 19.4. The largest absolute Gasteiger partial charge is 0.454 e. The van der Waals surface area contributed by atoms with Gasteiger partial charge in [0, 0.05) is 35.8 Å². The Labute approximate surface area is 196 Å². The number of rotatable bonds is 8. The average Bonchev–Trinajstić information content (AvgIpc) is 3.57. The van der Waals surface area contributed by atoms with Crippen molar-refractivity contribution in [3.63, 3.8) is 0 Å². The molecule has 4 rings (SSSR count). The van der Waals surface area contributed by atoms with Crippen molar-refractivity contribution >= 4 is 34.7 Å². The lowest BCUT2D eigenvalue weighted by Gasteiger charge is -2.14. The molecule has 1 atom stereocenters. The number of aromatic nitrogens is 1. The summed E-state index contributed by atoms with van der Waals surface area (Å²) in [6.45, 7) is 5.04. The number of hydrogen-bond acceptors (Lipinski definition) is 6. The standard InChI is InChI=1S/C25H26N2O5S/c1-16-13-21(17(2)27(16)14-20-5-3-11-31-20)22(28)15-32-25(30)18-7-9-19(10-8-18)26-24(29)23-6-4-12-33-23/h4,6-10,12-13,20H,3,5,11,14-15H2,1-2H3,(H,26,29). The Balaban J connectivity index is 1.33. The normalized spacial score (nSPS) is 15.4. The van der Waals surface area contributed by atoms with Crippen LogP contribution < -0.4 is 5.32 Å². The van der Waals surface area contributed by atoms with Crippen LogP contribution in [0.1, 0.15) is 54.6 Å². The van der Waals surface area contributed by atoms with Gasteiger partial charge in [-0.3, -0.25) is 9.59 Å². The second-order valence-corrected chi connectivity index (χ2v) is 8.99. The molecule has 0 aliphatic carbocycles. The van der Waals surface area contributed by atoms with Crippen LogP contribution in [0.5, 0.6) is 0 Å². The molecule has 0 bridgehead atoms. The zero-order chi connectivity index (χ0) is 23.4. The minimum atomic E-state index is -0.590. The molecule has 1 unspecified atom stereocenters. The summed E-state index contributed by atoms with van der Waals surface area (Å²) < 4.78 is 13.1. The van der Waals surface area contributed by atoms with E-state index in [4.69, 9.17) is 9.47 Å². The Kier molecular flexibility index (Phi) is 7.05. The summed E-state index contributed by atoms with van der Waals surface area (Å²) in [7, 11) is 0. The monoisotopic (exact) mass is 466 g/mol. The van der Waals surface area contributed by atoms with Crippen LogP contribution in [0.25, 0.3) is 0 Å². The third-order valence-corrected chi connectivity index (χ3v) is 6.61. The summed E-state index contributed by atoms with van der Waals surface area (Å²) in [4.78, 5) is 37.9. The molecule has 33 heavy (non-hydrogen) atoms. The van der Waals surface area contributed by atoms with Crippen molar-refractivity contribution in [1.82, 2.24) is 4.57 Å². The molecule has 7 nitrogen and oxygen atoms in total. The van der Waals surface area contributed by atoms with Crippen molar-refractivity contribution in [2.24, 2.45) is 0 Å². The number of hydrogen-bond donors (Lipinski definition) is 1. The molecule has 1 aliphatic heterocycles. The maximum atomic E-state index is 12.7. The van der Waals surface area contributed by atoms with Crippen molar-refractivity contribution in [3.8, 4) is 0 Å². The molecule has 1 N–H and O–H groups in total. The number of ketones is 1. The highest BCUT2D eigenvalue weighted by atomic mass is 32.1. The highest BCUT2D eigenvalue weighted by molar-refractivity contribution is 7.12. The van der Waals surface area contributed by atoms with E-state index in [1.807, 2.05) is 31.4 Å². The topological polar surface area (TPSA) is 86.6 Å². The Hall–Kier alpha value is -3.23. The third-order valence-electron chi connectivity index (χ3n) is 5.74. The fourth-order valence-corrected chi connectivity index (χ4v) is 4.56. The summed E-state index contributed by atoms with van der Waals surface area (Å²) in [5.74, 6) is -1.04. The molecule has 0 saturated carbocycles. The number of carbonyl (C=O) groups excluding carboxylic acids is 3. The van der Waals surface area contributed by atoms with E-state index in [2.05, 4.69) is 9.88 Å². The van der Waals surface area contributed by atoms with Gasteiger partial charge in [-0.25, -0.2) is 4.79 Å². The predicted molar refractivity (Wildman–Crippen MR) is 126 cm³/mol. The van der Waals surface area contributed by atoms with E-state index in [1.54, 1.807) is 30.3 Å². The smallest absolute Gasteiger partial charge is 0.338 e. The van der Waals surface area contributed by atoms with E-state index in [1.165, 1.54) is 11.3 Å². The molecule has 1 saturated heterocycles. The molecule has 3 heterocycles. The first kappa shape index (κ1) is 22.9. The van der Waals surface area contributed by atoms with Gasteiger partial charge >= 0.3 is 5.97 Å². The second-order valence-electron chi connectivity index (χ2n) is 8.04. The number of thiophene rings is 1. The first-order valence-electron chi connectivity index (χ1n) is 10.9. The van der Waals surface area contributed by atoms with Crippen LogP contribution in [-0.4, -0.2) is 41.5 Å². The molecule has 1 aromatic carbocycles. The Morgan fingerprint density at radius 3 is 2.64 bits per heavy atom. The van der Waals surface area contributed by atoms with Gasteiger partial charge in [0.25, 0.3) is 5.91 Å². The molecule has 3 aromatic rings. The predicted octanol–water partition coefficient (Wildman–Crippen LogP) is 4.64. The fourth-order valence-electron chi connectivity index (χ4n) is 3.94. The molecule has 0 radical (unpaired) electrons. The quantitative estimate of drug-likeness (QED) is 0.386. The average molecular weight is 467 g/mol. The summed E-state index contributed by atoms with van der Waals surface area (Å²) in [6.07, 6.45) is 2.26. The number of benzene rings is 1. The van der Waals surface area contributed by atoms with Crippen LogP contribution in [0.2, 0.25) is 0 Å². The molecule has 1 fully saturated rings. The molecule has 1 aliphatic rings. The van der Waals surface area contributed by atoms with Gasteiger partial charge in [0.1, 0.15) is 0 Å². The van der Waals surface area contributed by atoms with Crippen molar-refractivity contribution < 1.29 is 23.9 Å². The highest BCUT2D eigenvalue weighted by Gasteiger charge is 2.22. The lowest BCUT2D eigenvalue weighted by atomic mass is 10.1. The van der Waals surface area contributed by atoms with Crippen LogP contribution in [0.4, 0.5) is 5.69 Å². The van der Waals surface area contributed by atoms with Gasteiger partial charge in [0.05, 0.1) is 16.5 Å². The van der Waals surface area contributed by atoms with Gasteiger partial charge in [0.15, 0.2) is 6.61 Å². The van der Waals surface area contributed by atoms with Gasteiger partial charge < -0.3 is 19.4 Å². The zero-order valence-electron chi connectivity index (χ0n) is 18.6. The van der Waals surface area contributed by atoms with Crippen LogP contribution in [0.15, 0.2) is 47.8 Å². The number of nitrogens with zero attached hydrogens (tertiary/aromatic N) is 1. The number of ether oxygens (including phenoxy) is 2. The summed E-state index contributed by atoms with van der Waals surface area (Å²) in [5, 5.41) is 4.61. The minimum Gasteiger partial charge on any atom is -0.454 e. The van der Waals surface area contributed by atoms with Gasteiger partial charge in [-0.15, -0.1) is 11.3 Å². The summed E-state index contributed by atoms with van der Waals surface area (Å²) in [5.41, 5.74) is 3.28. The molecule has 0 spiro atoms. The van der Waals surface area contributed by atoms with Crippen LogP contribution in [-0.2, 0) is 16.0 Å². The fraction of sp³-hybridized carbons (Fsp3) is 0.320. The molecule has 172 valence electrons. The SMILES string of the molecule is Cc1cc(C(=O)COC(=O)c2ccc(NC(=O)c3cccs3)cc2)c(C)n1CC1CCCO1. The maximum absolute atomic E-state index is 12.7. The summed E-state index contributed by atoms with van der Waals surface area (Å²) in [6, 6.07) is 11.8. The van der Waals surface area contributed by atoms with E-state index < -0.39 is 5.97 Å². The first-order chi connectivity index (χ1) is 15.9. The van der Waals surface area contributed by atoms with Gasteiger partial charge in [-0.05, 0) is 68.5 Å². The van der Waals surface area contributed by atoms with Crippen LogP contribution >= 0.6 is 11.3 Å². The number of Topliss-reactive ketones (excluding diaryl/α,β-unsaturated/α-hetero) is 1. The van der Waals surface area contributed by atoms with Crippen LogP contribution in [0, 0.1) is 13.8 Å². The van der Waals surface area contributed by atoms with Crippen molar-refractivity contribution in [2.45, 2.75) is 39.3 Å². The Morgan fingerprint density at radius 2 is 1.97 bits per heavy atom. The van der Waals surface area contributed by atoms with E-state index in [9.17, 15) is 14.4 Å². The molecule has 2 aromatic heterocycles. The van der Waals surface area contributed by atoms with Crippen LogP contribution in [0.3, 0.4) is 0 Å². The van der Waals surface area contributed by atoms with Gasteiger partial charge in [-0.2, -0.15) is 0 Å². The molecule has 1 amide bonds. The number of aryl methyl sites for hydroxylation is 1. The minimum absolute atomic E-state index is 0.175. The number of carbonyl (C=O) groups is 3. The van der Waals surface area contributed by atoms with E-state index in [0.717, 1.165) is 37.4 Å². The highest BCUT2D eigenvalue weighted by Crippen LogP contribution is 2.21. The van der Waals surface area contributed by atoms with Gasteiger partial charge in [0.2, 0.25) is 5.78 Å². The third kappa shape index (κ3) is 5.40. The number of anilines is 1. The van der Waals surface area contributed by atoms with E-state index in [0.29, 0.717) is 21.7 Å². The maximum Gasteiger partial charge on any atom is 0.338 e. The number of esters is 1. The Bertz CT molecular complexity index is 1140. The first-order valence-corrected chi connectivity index (χ1v) is 11.7. The van der Waals surface area contributed by atoms with E-state index >= 15 is 0 Å². The summed E-state index contributed by atoms with van der Waals surface area (Å²) >= 11 is 1.35. The molecular weight excluding hydrogens is 440 g/mol. The second kappa shape index (κ2) is 10.1. The number of amides is 1. The van der Waals surface area contributed by atoms with Gasteiger partial charge in [-0.1, -0.05) is 6.07 Å². The lowest BCUT2D eigenvalue weighted by Crippen LogP contribution is -2.18. The molecular formula is C25H26N2O5S.